The monoisotopic (exact) mass is 598 g/mol. The van der Waals surface area contributed by atoms with Gasteiger partial charge in [0.2, 0.25) is 5.75 Å². The number of Topliss-reactive ketones (excluding diaryl/α,β-unsaturated/α-hetero) is 1. The molecule has 44 heavy (non-hydrogen) atoms. The van der Waals surface area contributed by atoms with Gasteiger partial charge in [0.25, 0.3) is 5.91 Å². The van der Waals surface area contributed by atoms with Crippen molar-refractivity contribution >= 4 is 17.4 Å². The van der Waals surface area contributed by atoms with Gasteiger partial charge in [0, 0.05) is 40.2 Å². The number of ether oxygens (including phenoxy) is 5. The second kappa shape index (κ2) is 12.8. The second-order valence-corrected chi connectivity index (χ2v) is 10.8. The molecular formula is C35H38N2O7. The zero-order valence-electron chi connectivity index (χ0n) is 26.1. The topological polar surface area (TPSA) is 104 Å². The number of anilines is 1. The number of allylic oxidation sites excluding steroid dienone is 3. The van der Waals surface area contributed by atoms with Crippen molar-refractivity contribution in [1.29, 1.82) is 0 Å². The molecule has 1 amide bonds. The third-order valence-electron chi connectivity index (χ3n) is 8.39. The average molecular weight is 599 g/mol. The number of methoxy groups -OCH3 is 5. The summed E-state index contributed by atoms with van der Waals surface area (Å²) < 4.78 is 28.0. The van der Waals surface area contributed by atoms with Gasteiger partial charge in [0.15, 0.2) is 28.8 Å². The van der Waals surface area contributed by atoms with Crippen LogP contribution in [0.4, 0.5) is 5.69 Å². The number of benzene rings is 3. The number of carbonyl (C=O) groups is 2. The second-order valence-electron chi connectivity index (χ2n) is 10.8. The molecule has 3 aromatic carbocycles. The van der Waals surface area contributed by atoms with Crippen LogP contribution in [0.15, 0.2) is 77.1 Å². The number of amides is 1. The van der Waals surface area contributed by atoms with Crippen LogP contribution in [0.25, 0.3) is 0 Å². The number of nitrogens with one attached hydrogen (secondary N) is 2. The molecule has 0 bridgehead atoms. The van der Waals surface area contributed by atoms with Crippen molar-refractivity contribution in [3.63, 3.8) is 0 Å². The van der Waals surface area contributed by atoms with Crippen LogP contribution in [0, 0.1) is 6.92 Å². The highest BCUT2D eigenvalue weighted by Crippen LogP contribution is 2.51. The molecule has 1 heterocycles. The summed E-state index contributed by atoms with van der Waals surface area (Å²) in [7, 11) is 7.80. The first kappa shape index (κ1) is 30.5. The summed E-state index contributed by atoms with van der Waals surface area (Å²) in [4.78, 5) is 28.4. The molecule has 0 saturated carbocycles. The molecule has 3 aromatic rings. The van der Waals surface area contributed by atoms with Crippen molar-refractivity contribution in [2.45, 2.75) is 38.5 Å². The molecule has 0 radical (unpaired) electrons. The summed E-state index contributed by atoms with van der Waals surface area (Å²) >= 11 is 0. The highest BCUT2D eigenvalue weighted by Gasteiger charge is 2.43. The minimum absolute atomic E-state index is 0.0611. The van der Waals surface area contributed by atoms with E-state index in [0.29, 0.717) is 63.3 Å². The van der Waals surface area contributed by atoms with E-state index < -0.39 is 5.92 Å². The fourth-order valence-electron chi connectivity index (χ4n) is 6.25. The van der Waals surface area contributed by atoms with Gasteiger partial charge < -0.3 is 34.3 Å². The van der Waals surface area contributed by atoms with Gasteiger partial charge in [0.1, 0.15) is 0 Å². The van der Waals surface area contributed by atoms with Gasteiger partial charge >= 0.3 is 0 Å². The first-order valence-corrected chi connectivity index (χ1v) is 14.4. The lowest BCUT2D eigenvalue weighted by Gasteiger charge is -2.37. The third kappa shape index (κ3) is 5.45. The fourth-order valence-corrected chi connectivity index (χ4v) is 6.25. The Hall–Kier alpha value is -4.92. The molecule has 1 aliphatic carbocycles. The molecule has 9 heteroatoms. The van der Waals surface area contributed by atoms with Crippen LogP contribution in [-0.4, -0.2) is 47.2 Å². The van der Waals surface area contributed by atoms with Crippen LogP contribution in [0.5, 0.6) is 28.7 Å². The quantitative estimate of drug-likeness (QED) is 0.307. The van der Waals surface area contributed by atoms with Gasteiger partial charge in [-0.05, 0) is 61.6 Å². The van der Waals surface area contributed by atoms with Gasteiger partial charge in [-0.2, -0.15) is 0 Å². The lowest BCUT2D eigenvalue weighted by atomic mass is 9.71. The Balaban J connectivity index is 1.65. The Bertz CT molecular complexity index is 1670. The summed E-state index contributed by atoms with van der Waals surface area (Å²) in [6.07, 6.45) is 0.820. The molecule has 230 valence electrons. The molecule has 2 atom stereocenters. The predicted molar refractivity (Wildman–Crippen MR) is 168 cm³/mol. The number of dihydropyridines is 1. The number of para-hydroxylation sites is 1. The van der Waals surface area contributed by atoms with Gasteiger partial charge in [-0.25, -0.2) is 0 Å². The van der Waals surface area contributed by atoms with Crippen LogP contribution >= 0.6 is 0 Å². The molecule has 9 nitrogen and oxygen atoms in total. The molecule has 2 aliphatic rings. The summed E-state index contributed by atoms with van der Waals surface area (Å²) in [5, 5.41) is 6.52. The molecule has 5 rings (SSSR count). The molecule has 0 spiro atoms. The lowest BCUT2D eigenvalue weighted by molar-refractivity contribution is -0.116. The van der Waals surface area contributed by atoms with E-state index in [-0.39, 0.29) is 24.0 Å². The fraction of sp³-hybridized carbons (Fsp3) is 0.314. The van der Waals surface area contributed by atoms with Crippen molar-refractivity contribution in [2.75, 3.05) is 40.9 Å². The molecule has 0 aromatic heterocycles. The van der Waals surface area contributed by atoms with Crippen LogP contribution in [0.2, 0.25) is 0 Å². The zero-order valence-corrected chi connectivity index (χ0v) is 26.1. The Morgan fingerprint density at radius 2 is 1.48 bits per heavy atom. The molecule has 1 aliphatic heterocycles. The Morgan fingerprint density at radius 1 is 0.795 bits per heavy atom. The number of hydrogen-bond acceptors (Lipinski definition) is 8. The minimum Gasteiger partial charge on any atom is -0.493 e. The van der Waals surface area contributed by atoms with Crippen LogP contribution in [0.1, 0.15) is 48.3 Å². The van der Waals surface area contributed by atoms with Crippen LogP contribution in [-0.2, 0) is 9.59 Å². The third-order valence-corrected chi connectivity index (χ3v) is 8.39. The summed E-state index contributed by atoms with van der Waals surface area (Å²) in [6, 6.07) is 16.9. The number of hydrogen-bond donors (Lipinski definition) is 2. The van der Waals surface area contributed by atoms with Crippen molar-refractivity contribution in [3.8, 4) is 28.7 Å². The van der Waals surface area contributed by atoms with E-state index in [2.05, 4.69) is 10.6 Å². The van der Waals surface area contributed by atoms with E-state index in [1.54, 1.807) is 27.4 Å². The smallest absolute Gasteiger partial charge is 0.254 e. The predicted octanol–water partition coefficient (Wildman–Crippen LogP) is 6.04. The van der Waals surface area contributed by atoms with E-state index in [4.69, 9.17) is 23.7 Å². The maximum absolute atomic E-state index is 14.2. The largest absolute Gasteiger partial charge is 0.493 e. The van der Waals surface area contributed by atoms with E-state index in [1.807, 2.05) is 62.4 Å². The SMILES string of the molecule is COc1ccc([C@H]2CC(=O)C3=C(C2)NC(C)=C(C(=O)Nc2ccccc2C)[C@H]3c2ccc(OC)c(OC)c2OC)cc1OC. The normalized spacial score (nSPS) is 17.8. The van der Waals surface area contributed by atoms with Crippen LogP contribution < -0.4 is 34.3 Å². The standard InChI is InChI=1S/C35H38N2O7/c1-19-10-8-9-11-24(19)37-35(39)30-20(2)36-25-16-22(21-12-14-27(40-3)29(18-21)42-5)17-26(38)32(25)31(30)23-13-15-28(41-4)34(44-7)33(23)43-6/h8-15,18,22,31,36H,16-17H2,1-7H3,(H,37,39)/t22-,31-/m1/s1. The number of rotatable bonds is 9. The van der Waals surface area contributed by atoms with Gasteiger partial charge in [-0.3, -0.25) is 9.59 Å². The number of carbonyl (C=O) groups excluding carboxylic acids is 2. The molecular weight excluding hydrogens is 560 g/mol. The minimum atomic E-state index is -0.719. The van der Waals surface area contributed by atoms with Gasteiger partial charge in [-0.15, -0.1) is 0 Å². The van der Waals surface area contributed by atoms with E-state index in [0.717, 1.165) is 16.8 Å². The van der Waals surface area contributed by atoms with Crippen molar-refractivity contribution in [2.24, 2.45) is 0 Å². The Kier molecular flexibility index (Phi) is 8.85. The van der Waals surface area contributed by atoms with Gasteiger partial charge in [0.05, 0.1) is 41.5 Å². The summed E-state index contributed by atoms with van der Waals surface area (Å²) in [6.45, 7) is 3.80. The molecule has 0 fully saturated rings. The first-order valence-electron chi connectivity index (χ1n) is 14.4. The first-order chi connectivity index (χ1) is 21.3. The molecule has 0 saturated heterocycles. The highest BCUT2D eigenvalue weighted by atomic mass is 16.5. The highest BCUT2D eigenvalue weighted by molar-refractivity contribution is 6.10. The zero-order chi connectivity index (χ0) is 31.5. The molecule has 2 N–H and O–H groups in total. The summed E-state index contributed by atoms with van der Waals surface area (Å²) in [5.74, 6) is 1.30. The number of aryl methyl sites for hydroxylation is 1. The van der Waals surface area contributed by atoms with E-state index in [1.165, 1.54) is 14.2 Å². The van der Waals surface area contributed by atoms with E-state index >= 15 is 0 Å². The average Bonchev–Trinajstić information content (AvgIpc) is 3.03. The molecule has 0 unspecified atom stereocenters. The van der Waals surface area contributed by atoms with Crippen molar-refractivity contribution in [1.82, 2.24) is 5.32 Å². The Morgan fingerprint density at radius 3 is 2.14 bits per heavy atom. The van der Waals surface area contributed by atoms with Gasteiger partial charge in [-0.1, -0.05) is 30.3 Å². The summed E-state index contributed by atoms with van der Waals surface area (Å²) in [5.41, 5.74) is 5.60. The van der Waals surface area contributed by atoms with E-state index in [9.17, 15) is 9.59 Å². The maximum atomic E-state index is 14.2. The lowest BCUT2D eigenvalue weighted by Crippen LogP contribution is -2.37. The Labute approximate surface area is 257 Å². The van der Waals surface area contributed by atoms with Crippen molar-refractivity contribution < 1.29 is 33.3 Å². The van der Waals surface area contributed by atoms with Crippen LogP contribution in [0.3, 0.4) is 0 Å². The number of ketones is 1. The maximum Gasteiger partial charge on any atom is 0.254 e. The van der Waals surface area contributed by atoms with Crippen molar-refractivity contribution in [3.05, 3.63) is 93.8 Å².